The zero-order valence-electron chi connectivity index (χ0n) is 15.2. The van der Waals surface area contributed by atoms with Gasteiger partial charge in [0.25, 0.3) is 0 Å². The van der Waals surface area contributed by atoms with Crippen LogP contribution in [0.25, 0.3) is 0 Å². The largest absolute Gasteiger partial charge is 0.411 e. The molecule has 1 unspecified atom stereocenters. The second-order valence-corrected chi connectivity index (χ2v) is 6.99. The minimum Gasteiger partial charge on any atom is -0.411 e. The Balaban J connectivity index is 1.63. The van der Waals surface area contributed by atoms with Crippen molar-refractivity contribution in [3.05, 3.63) is 46.0 Å². The van der Waals surface area contributed by atoms with E-state index in [1.54, 1.807) is 6.07 Å². The summed E-state index contributed by atoms with van der Waals surface area (Å²) in [4.78, 5) is 2.45. The molecule has 0 amide bonds. The van der Waals surface area contributed by atoms with Crippen LogP contribution in [0, 0.1) is 5.82 Å². The van der Waals surface area contributed by atoms with Crippen LogP contribution < -0.4 is 5.32 Å². The van der Waals surface area contributed by atoms with Crippen molar-refractivity contribution >= 4 is 17.3 Å². The molecule has 1 atom stereocenters. The van der Waals surface area contributed by atoms with E-state index in [1.807, 2.05) is 0 Å². The van der Waals surface area contributed by atoms with Crippen LogP contribution in [0.3, 0.4) is 0 Å². The topological polar surface area (TPSA) is 86.8 Å². The van der Waals surface area contributed by atoms with Crippen molar-refractivity contribution in [2.75, 3.05) is 19.6 Å². The van der Waals surface area contributed by atoms with E-state index in [4.69, 9.17) is 16.2 Å². The number of oxime groups is 1. The van der Waals surface area contributed by atoms with E-state index in [-0.39, 0.29) is 17.2 Å². The predicted molar refractivity (Wildman–Crippen MR) is 99.7 cm³/mol. The summed E-state index contributed by atoms with van der Waals surface area (Å²) in [6, 6.07) is 4.87. The van der Waals surface area contributed by atoms with Gasteiger partial charge in [-0.3, -0.25) is 4.90 Å². The van der Waals surface area contributed by atoms with Crippen LogP contribution >= 0.6 is 11.6 Å². The molecule has 0 radical (unpaired) electrons. The van der Waals surface area contributed by atoms with Crippen molar-refractivity contribution in [3.63, 3.8) is 0 Å². The SMILES string of the molecule is CCN1CCCC1CNCc1nonc1C(Cc1ccc(F)c(Cl)c1)=NO. The van der Waals surface area contributed by atoms with Gasteiger partial charge in [-0.2, -0.15) is 0 Å². The lowest BCUT2D eigenvalue weighted by molar-refractivity contribution is 0.258. The summed E-state index contributed by atoms with van der Waals surface area (Å²) in [5.41, 5.74) is 1.92. The van der Waals surface area contributed by atoms with Crippen molar-refractivity contribution in [1.29, 1.82) is 0 Å². The first kappa shape index (κ1) is 19.7. The Hall–Kier alpha value is -2.03. The Bertz CT molecular complexity index is 798. The van der Waals surface area contributed by atoms with Crippen LogP contribution in [-0.4, -0.2) is 51.8 Å². The number of halogens is 2. The lowest BCUT2D eigenvalue weighted by Crippen LogP contribution is -2.37. The van der Waals surface area contributed by atoms with Gasteiger partial charge in [0.2, 0.25) is 0 Å². The Kier molecular flexibility index (Phi) is 6.76. The first-order valence-electron chi connectivity index (χ1n) is 9.03. The highest BCUT2D eigenvalue weighted by molar-refractivity contribution is 6.30. The van der Waals surface area contributed by atoms with Gasteiger partial charge in [-0.1, -0.05) is 34.9 Å². The first-order chi connectivity index (χ1) is 13.1. The van der Waals surface area contributed by atoms with Gasteiger partial charge in [-0.25, -0.2) is 9.02 Å². The fourth-order valence-corrected chi connectivity index (χ4v) is 3.65. The molecule has 1 aromatic heterocycles. The van der Waals surface area contributed by atoms with Gasteiger partial charge in [0.1, 0.15) is 17.2 Å². The average molecular weight is 396 g/mol. The van der Waals surface area contributed by atoms with Crippen molar-refractivity contribution in [3.8, 4) is 0 Å². The predicted octanol–water partition coefficient (Wildman–Crippen LogP) is 2.86. The number of hydrogen-bond donors (Lipinski definition) is 2. The zero-order chi connectivity index (χ0) is 19.2. The Morgan fingerprint density at radius 3 is 3.07 bits per heavy atom. The van der Waals surface area contributed by atoms with E-state index in [1.165, 1.54) is 25.0 Å². The van der Waals surface area contributed by atoms with Crippen LogP contribution in [0.15, 0.2) is 28.0 Å². The fourth-order valence-electron chi connectivity index (χ4n) is 3.45. The number of hydrogen-bond acceptors (Lipinski definition) is 7. The van der Waals surface area contributed by atoms with Gasteiger partial charge in [-0.05, 0) is 48.8 Å². The molecular formula is C18H23ClFN5O2. The molecule has 0 saturated carbocycles. The number of rotatable bonds is 8. The second-order valence-electron chi connectivity index (χ2n) is 6.59. The molecule has 2 heterocycles. The standard InChI is InChI=1S/C18H23ClFN5O2/c1-2-25-7-3-4-13(25)10-21-11-17-18(24-27-23-17)16(22-26)9-12-5-6-15(20)14(19)8-12/h5-6,8,13,21,26H,2-4,7,9-11H2,1H3. The fraction of sp³-hybridized carbons (Fsp3) is 0.500. The lowest BCUT2D eigenvalue weighted by atomic mass is 10.0. The molecular weight excluding hydrogens is 373 g/mol. The highest BCUT2D eigenvalue weighted by Crippen LogP contribution is 2.19. The summed E-state index contributed by atoms with van der Waals surface area (Å²) in [5.74, 6) is -0.496. The smallest absolute Gasteiger partial charge is 0.157 e. The van der Waals surface area contributed by atoms with E-state index in [9.17, 15) is 9.60 Å². The monoisotopic (exact) mass is 395 g/mol. The number of nitrogens with one attached hydrogen (secondary N) is 1. The van der Waals surface area contributed by atoms with E-state index >= 15 is 0 Å². The normalized spacial score (nSPS) is 18.3. The molecule has 27 heavy (non-hydrogen) atoms. The maximum absolute atomic E-state index is 13.3. The third-order valence-corrected chi connectivity index (χ3v) is 5.17. The minimum atomic E-state index is -0.496. The number of aromatic nitrogens is 2. The van der Waals surface area contributed by atoms with Gasteiger partial charge in [0.05, 0.1) is 5.02 Å². The van der Waals surface area contributed by atoms with Crippen LogP contribution in [0.2, 0.25) is 5.02 Å². The molecule has 0 aliphatic carbocycles. The van der Waals surface area contributed by atoms with Crippen molar-refractivity contribution < 1.29 is 14.2 Å². The molecule has 7 nitrogen and oxygen atoms in total. The molecule has 1 fully saturated rings. The number of likely N-dealkylation sites (tertiary alicyclic amines) is 1. The van der Waals surface area contributed by atoms with Crippen LogP contribution in [0.1, 0.15) is 36.7 Å². The Labute approximate surface area is 162 Å². The molecule has 0 spiro atoms. The maximum Gasteiger partial charge on any atom is 0.157 e. The summed E-state index contributed by atoms with van der Waals surface area (Å²) >= 11 is 5.81. The van der Waals surface area contributed by atoms with Crippen LogP contribution in [0.4, 0.5) is 4.39 Å². The minimum absolute atomic E-state index is 0.0157. The number of likely N-dealkylation sites (N-methyl/N-ethyl adjacent to an activating group) is 1. The van der Waals surface area contributed by atoms with E-state index in [2.05, 4.69) is 32.6 Å². The molecule has 146 valence electrons. The van der Waals surface area contributed by atoms with E-state index < -0.39 is 5.82 Å². The Morgan fingerprint density at radius 1 is 1.48 bits per heavy atom. The van der Waals surface area contributed by atoms with E-state index in [0.29, 0.717) is 29.5 Å². The van der Waals surface area contributed by atoms with Gasteiger partial charge in [0.15, 0.2) is 5.69 Å². The quantitative estimate of drug-likeness (QED) is 0.406. The highest BCUT2D eigenvalue weighted by atomic mass is 35.5. The second kappa shape index (κ2) is 9.25. The van der Waals surface area contributed by atoms with E-state index in [0.717, 1.165) is 19.6 Å². The molecule has 2 aromatic rings. The molecule has 1 aliphatic rings. The van der Waals surface area contributed by atoms with Gasteiger partial charge in [0, 0.05) is 25.6 Å². The van der Waals surface area contributed by atoms with Gasteiger partial charge in [-0.15, -0.1) is 0 Å². The average Bonchev–Trinajstić information content (AvgIpc) is 3.32. The van der Waals surface area contributed by atoms with Crippen molar-refractivity contribution in [2.24, 2.45) is 5.16 Å². The summed E-state index contributed by atoms with van der Waals surface area (Å²) in [5, 5.41) is 23.9. The highest BCUT2D eigenvalue weighted by Gasteiger charge is 2.23. The van der Waals surface area contributed by atoms with Crippen molar-refractivity contribution in [2.45, 2.75) is 38.8 Å². The third kappa shape index (κ3) is 4.82. The summed E-state index contributed by atoms with van der Waals surface area (Å²) in [6.07, 6.45) is 2.63. The third-order valence-electron chi connectivity index (χ3n) is 4.88. The summed E-state index contributed by atoms with van der Waals surface area (Å²) in [7, 11) is 0. The number of benzene rings is 1. The Morgan fingerprint density at radius 2 is 2.33 bits per heavy atom. The lowest BCUT2D eigenvalue weighted by Gasteiger charge is -2.22. The van der Waals surface area contributed by atoms with Gasteiger partial charge >= 0.3 is 0 Å². The molecule has 3 rings (SSSR count). The van der Waals surface area contributed by atoms with Crippen LogP contribution in [0.5, 0.6) is 0 Å². The molecule has 9 heteroatoms. The first-order valence-corrected chi connectivity index (χ1v) is 9.41. The molecule has 1 aromatic carbocycles. The molecule has 1 aliphatic heterocycles. The molecule has 0 bridgehead atoms. The van der Waals surface area contributed by atoms with Gasteiger partial charge < -0.3 is 10.5 Å². The van der Waals surface area contributed by atoms with Crippen molar-refractivity contribution in [1.82, 2.24) is 20.5 Å². The zero-order valence-corrected chi connectivity index (χ0v) is 15.9. The van der Waals surface area contributed by atoms with Crippen LogP contribution in [-0.2, 0) is 13.0 Å². The summed E-state index contributed by atoms with van der Waals surface area (Å²) < 4.78 is 18.2. The molecule has 2 N–H and O–H groups in total. The maximum atomic E-state index is 13.3. The molecule has 1 saturated heterocycles. The summed E-state index contributed by atoms with van der Waals surface area (Å²) in [6.45, 7) is 5.66. The number of nitrogens with zero attached hydrogens (tertiary/aromatic N) is 4.